The molecule has 1 aromatic rings. The molecule has 1 saturated heterocycles. The van der Waals surface area contributed by atoms with Crippen LogP contribution in [0, 0.1) is 5.92 Å². The number of nitrogens with zero attached hydrogens (tertiary/aromatic N) is 2. The molecule has 0 radical (unpaired) electrons. The monoisotopic (exact) mass is 538 g/mol. The lowest BCUT2D eigenvalue weighted by Crippen LogP contribution is -2.78. The van der Waals surface area contributed by atoms with Gasteiger partial charge in [-0.2, -0.15) is 0 Å². The first-order valence-electron chi connectivity index (χ1n) is 11.9. The van der Waals surface area contributed by atoms with Crippen molar-refractivity contribution >= 4 is 48.0 Å². The molecule has 33 heavy (non-hydrogen) atoms. The topological polar surface area (TPSA) is 56.2 Å². The maximum absolute atomic E-state index is 12.5. The maximum Gasteiger partial charge on any atom is 0.165 e. The largest absolute Gasteiger partial charge is 0.504 e. The van der Waals surface area contributed by atoms with Gasteiger partial charge >= 0.3 is 0 Å². The first-order chi connectivity index (χ1) is 15.0. The maximum atomic E-state index is 12.5. The minimum atomic E-state index is -0.832. The highest BCUT2D eigenvalue weighted by molar-refractivity contribution is 6.18. The van der Waals surface area contributed by atoms with Gasteiger partial charge in [-0.3, -0.25) is 9.80 Å². The van der Waals surface area contributed by atoms with Gasteiger partial charge in [0.1, 0.15) is 6.10 Å². The Kier molecular flexibility index (Phi) is 7.38. The molecule has 5 nitrogen and oxygen atoms in total. The number of likely N-dealkylation sites (tertiary alicyclic amines) is 1. The molecular weight excluding hydrogens is 506 g/mol. The summed E-state index contributed by atoms with van der Waals surface area (Å²) in [4.78, 5) is 4.92. The zero-order chi connectivity index (χ0) is 21.4. The van der Waals surface area contributed by atoms with Crippen LogP contribution in [0.4, 0.5) is 0 Å². The van der Waals surface area contributed by atoms with Crippen molar-refractivity contribution in [3.8, 4) is 11.5 Å². The van der Waals surface area contributed by atoms with Crippen molar-refractivity contribution in [2.24, 2.45) is 5.92 Å². The Bertz CT molecular complexity index is 882. The molecule has 6 rings (SSSR count). The molecule has 2 heterocycles. The molecule has 9 heteroatoms. The van der Waals surface area contributed by atoms with Crippen molar-refractivity contribution in [1.82, 2.24) is 9.80 Å². The van der Waals surface area contributed by atoms with Crippen molar-refractivity contribution in [3.05, 3.63) is 23.3 Å². The SMILES string of the molecule is Cl.Cl.Oc1ccc2c3c1O[C@H]1[C@H](N(CCCl)CCCl)CC[C@@]4(O)C(C2)N(CC2CC2)CCC314. The Morgan fingerprint density at radius 1 is 1.09 bits per heavy atom. The Morgan fingerprint density at radius 3 is 2.48 bits per heavy atom. The summed E-state index contributed by atoms with van der Waals surface area (Å²) >= 11 is 12.3. The molecule has 2 saturated carbocycles. The van der Waals surface area contributed by atoms with Gasteiger partial charge < -0.3 is 14.9 Å². The number of ether oxygens (including phenoxy) is 1. The van der Waals surface area contributed by atoms with Crippen molar-refractivity contribution in [1.29, 1.82) is 0 Å². The van der Waals surface area contributed by atoms with Crippen molar-refractivity contribution in [2.45, 2.75) is 67.7 Å². The number of hydrogen-bond donors (Lipinski definition) is 2. The van der Waals surface area contributed by atoms with Gasteiger partial charge in [-0.15, -0.1) is 48.0 Å². The summed E-state index contributed by atoms with van der Waals surface area (Å²) in [7, 11) is 0. The number of rotatable bonds is 7. The van der Waals surface area contributed by atoms with Gasteiger partial charge in [0.15, 0.2) is 11.5 Å². The van der Waals surface area contributed by atoms with Crippen LogP contribution >= 0.6 is 48.0 Å². The van der Waals surface area contributed by atoms with Crippen LogP contribution in [0.5, 0.6) is 11.5 Å². The standard InChI is InChI=1S/C24H32Cl2N2O3.2ClH/c25-8-11-27(12-9-26)17-5-6-24(30)19-13-16-3-4-18(29)21-20(16)23(24,22(17)31-21)7-10-28(19)14-15-1-2-15;;/h3-4,15,17,19,22,29-30H,1-2,5-14H2;2*1H/t17-,19?,22+,23?,24-;;/m1../s1. The second-order valence-corrected chi connectivity index (χ2v) is 11.1. The molecule has 0 amide bonds. The van der Waals surface area contributed by atoms with Crippen LogP contribution in [0.1, 0.15) is 43.2 Å². The van der Waals surface area contributed by atoms with E-state index in [1.54, 1.807) is 6.07 Å². The average Bonchev–Trinajstić information content (AvgIpc) is 3.49. The smallest absolute Gasteiger partial charge is 0.165 e. The Morgan fingerprint density at radius 2 is 1.82 bits per heavy atom. The highest BCUT2D eigenvalue weighted by atomic mass is 35.5. The molecule has 1 aromatic carbocycles. The van der Waals surface area contributed by atoms with Gasteiger partial charge in [0.05, 0.1) is 11.0 Å². The number of aliphatic hydroxyl groups is 1. The van der Waals surface area contributed by atoms with Gasteiger partial charge in [0.25, 0.3) is 0 Å². The van der Waals surface area contributed by atoms with Crippen LogP contribution in [0.2, 0.25) is 0 Å². The summed E-state index contributed by atoms with van der Waals surface area (Å²) in [5, 5.41) is 23.2. The van der Waals surface area contributed by atoms with Crippen LogP contribution in [0.15, 0.2) is 12.1 Å². The fraction of sp³-hybridized carbons (Fsp3) is 0.750. The third-order valence-electron chi connectivity index (χ3n) is 8.94. The number of hydrogen-bond acceptors (Lipinski definition) is 5. The molecule has 3 fully saturated rings. The normalized spacial score (nSPS) is 35.9. The number of alkyl halides is 2. The van der Waals surface area contributed by atoms with E-state index in [4.69, 9.17) is 27.9 Å². The fourth-order valence-electron chi connectivity index (χ4n) is 7.49. The number of phenolic OH excluding ortho intramolecular Hbond substituents is 1. The van der Waals surface area contributed by atoms with Crippen LogP contribution in [-0.2, 0) is 11.8 Å². The van der Waals surface area contributed by atoms with E-state index in [0.717, 1.165) is 63.3 Å². The third kappa shape index (κ3) is 3.60. The molecule has 2 aliphatic heterocycles. The zero-order valence-corrected chi connectivity index (χ0v) is 21.9. The molecule has 1 spiro atoms. The van der Waals surface area contributed by atoms with Crippen LogP contribution in [0.3, 0.4) is 0 Å². The van der Waals surface area contributed by atoms with E-state index >= 15 is 0 Å². The van der Waals surface area contributed by atoms with E-state index in [1.807, 2.05) is 0 Å². The third-order valence-corrected chi connectivity index (χ3v) is 9.28. The van der Waals surface area contributed by atoms with E-state index in [0.29, 0.717) is 17.5 Å². The average molecular weight is 540 g/mol. The molecule has 5 aliphatic rings. The highest BCUT2D eigenvalue weighted by Crippen LogP contribution is 2.66. The second-order valence-electron chi connectivity index (χ2n) is 10.3. The van der Waals surface area contributed by atoms with Gasteiger partial charge in [-0.25, -0.2) is 0 Å². The van der Waals surface area contributed by atoms with Gasteiger partial charge in [0.2, 0.25) is 0 Å². The summed E-state index contributed by atoms with van der Waals surface area (Å²) < 4.78 is 6.63. The van der Waals surface area contributed by atoms with Gasteiger partial charge in [0, 0.05) is 49.0 Å². The molecule has 2 unspecified atom stereocenters. The lowest BCUT2D eigenvalue weighted by molar-refractivity contribution is -0.200. The quantitative estimate of drug-likeness (QED) is 0.514. The van der Waals surface area contributed by atoms with Crippen molar-refractivity contribution in [3.63, 3.8) is 0 Å². The summed E-state index contributed by atoms with van der Waals surface area (Å²) in [6, 6.07) is 4.09. The lowest BCUT2D eigenvalue weighted by Gasteiger charge is -2.65. The highest BCUT2D eigenvalue weighted by Gasteiger charge is 2.73. The minimum absolute atomic E-state index is 0. The lowest BCUT2D eigenvalue weighted by atomic mass is 9.48. The summed E-state index contributed by atoms with van der Waals surface area (Å²) in [6.07, 6.45) is 5.76. The molecule has 186 valence electrons. The summed E-state index contributed by atoms with van der Waals surface area (Å²) in [6.45, 7) is 3.58. The number of piperidine rings is 1. The number of phenols is 1. The van der Waals surface area contributed by atoms with E-state index in [1.165, 1.54) is 18.4 Å². The van der Waals surface area contributed by atoms with E-state index in [-0.39, 0.29) is 48.8 Å². The second kappa shape index (κ2) is 9.38. The number of aromatic hydroxyl groups is 1. The molecule has 2 N–H and O–H groups in total. The molecule has 5 atom stereocenters. The summed E-state index contributed by atoms with van der Waals surface area (Å²) in [5.74, 6) is 2.68. The zero-order valence-electron chi connectivity index (χ0n) is 18.7. The van der Waals surface area contributed by atoms with Gasteiger partial charge in [-0.1, -0.05) is 6.07 Å². The molecule has 0 aromatic heterocycles. The minimum Gasteiger partial charge on any atom is -0.504 e. The van der Waals surface area contributed by atoms with E-state index in [9.17, 15) is 10.2 Å². The van der Waals surface area contributed by atoms with Gasteiger partial charge in [-0.05, 0) is 62.6 Å². The van der Waals surface area contributed by atoms with Crippen molar-refractivity contribution in [2.75, 3.05) is 37.9 Å². The molecule has 3 aliphatic carbocycles. The predicted octanol–water partition coefficient (Wildman–Crippen LogP) is 3.95. The Balaban J connectivity index is 0.00000130. The molecule has 2 bridgehead atoms. The first-order valence-corrected chi connectivity index (χ1v) is 12.9. The number of benzene rings is 1. The Labute approximate surface area is 218 Å². The van der Waals surface area contributed by atoms with Crippen LogP contribution in [0.25, 0.3) is 0 Å². The van der Waals surface area contributed by atoms with Crippen LogP contribution in [-0.4, -0.2) is 81.7 Å². The van der Waals surface area contributed by atoms with Crippen LogP contribution < -0.4 is 4.74 Å². The number of halogens is 4. The van der Waals surface area contributed by atoms with E-state index in [2.05, 4.69) is 15.9 Å². The fourth-order valence-corrected chi connectivity index (χ4v) is 7.92. The molecular formula is C24H34Cl4N2O3. The van der Waals surface area contributed by atoms with E-state index < -0.39 is 11.0 Å². The summed E-state index contributed by atoms with van der Waals surface area (Å²) in [5.41, 5.74) is 1.02. The Hall–Kier alpha value is -0.140. The predicted molar refractivity (Wildman–Crippen MR) is 136 cm³/mol. The first kappa shape index (κ1) is 25.9. The van der Waals surface area contributed by atoms with Crippen molar-refractivity contribution < 1.29 is 14.9 Å².